The van der Waals surface area contributed by atoms with Crippen LogP contribution in [0.2, 0.25) is 0 Å². The standard InChI is InChI=1S/C25H41N4O7P/c1-7-11-25(12-8-2)35-21-19(16-33-37(32-15-9-13-26)29(17(3)4)18(5)6)34-23(22(21)36-25)28-14-10-20(30)27-24(28)31/h10,14,17-19,21-23H,7-9,11-12,15-16H2,1-6H3,(H,27,30,31)/t19-,21?,22?,23-,37?/m1/s1. The zero-order chi connectivity index (χ0) is 27.2. The van der Waals surface area contributed by atoms with Crippen molar-refractivity contribution in [1.29, 1.82) is 5.26 Å². The average molecular weight is 541 g/mol. The third-order valence-electron chi connectivity index (χ3n) is 6.39. The van der Waals surface area contributed by atoms with Crippen LogP contribution in [0, 0.1) is 11.3 Å². The summed E-state index contributed by atoms with van der Waals surface area (Å²) in [6, 6.07) is 3.71. The van der Waals surface area contributed by atoms with Crippen LogP contribution >= 0.6 is 8.53 Å². The molecular weight excluding hydrogens is 499 g/mol. The predicted molar refractivity (Wildman–Crippen MR) is 139 cm³/mol. The Kier molecular flexibility index (Phi) is 10.9. The summed E-state index contributed by atoms with van der Waals surface area (Å²) in [7, 11) is -1.48. The summed E-state index contributed by atoms with van der Waals surface area (Å²) in [6.45, 7) is 12.9. The van der Waals surface area contributed by atoms with E-state index in [4.69, 9.17) is 28.5 Å². The Bertz CT molecular complexity index is 1010. The van der Waals surface area contributed by atoms with Gasteiger partial charge in [0.2, 0.25) is 0 Å². The van der Waals surface area contributed by atoms with Crippen molar-refractivity contribution < 1.29 is 23.3 Å². The number of nitrogens with zero attached hydrogens (tertiary/aromatic N) is 3. The van der Waals surface area contributed by atoms with E-state index in [-0.39, 0.29) is 31.7 Å². The van der Waals surface area contributed by atoms with Crippen LogP contribution in [0.5, 0.6) is 0 Å². The van der Waals surface area contributed by atoms with Crippen molar-refractivity contribution in [2.45, 2.75) is 116 Å². The van der Waals surface area contributed by atoms with Gasteiger partial charge in [0.25, 0.3) is 14.1 Å². The number of nitriles is 1. The highest BCUT2D eigenvalue weighted by Crippen LogP contribution is 2.50. The lowest BCUT2D eigenvalue weighted by atomic mass is 10.1. The van der Waals surface area contributed by atoms with Crippen LogP contribution in [0.15, 0.2) is 21.9 Å². The maximum absolute atomic E-state index is 12.6. The maximum Gasteiger partial charge on any atom is 0.330 e. The van der Waals surface area contributed by atoms with Crippen molar-refractivity contribution in [2.24, 2.45) is 0 Å². The summed E-state index contributed by atoms with van der Waals surface area (Å²) in [4.78, 5) is 26.6. The minimum absolute atomic E-state index is 0.154. The Hall–Kier alpha value is -1.64. The van der Waals surface area contributed by atoms with Gasteiger partial charge in [-0.25, -0.2) is 9.46 Å². The van der Waals surface area contributed by atoms with E-state index in [1.807, 2.05) is 0 Å². The highest BCUT2D eigenvalue weighted by molar-refractivity contribution is 7.44. The summed E-state index contributed by atoms with van der Waals surface area (Å²) in [5.41, 5.74) is -1.05. The molecule has 0 radical (unpaired) electrons. The van der Waals surface area contributed by atoms with Gasteiger partial charge < -0.3 is 23.3 Å². The van der Waals surface area contributed by atoms with Crippen molar-refractivity contribution >= 4 is 8.53 Å². The largest absolute Gasteiger partial charge is 0.346 e. The molecule has 0 bridgehead atoms. The third-order valence-corrected chi connectivity index (χ3v) is 8.46. The molecule has 0 aliphatic carbocycles. The monoisotopic (exact) mass is 540 g/mol. The van der Waals surface area contributed by atoms with Crippen molar-refractivity contribution in [3.8, 4) is 6.07 Å². The van der Waals surface area contributed by atoms with Crippen LogP contribution in [0.3, 0.4) is 0 Å². The molecule has 3 unspecified atom stereocenters. The average Bonchev–Trinajstić information content (AvgIpc) is 3.33. The lowest BCUT2D eigenvalue weighted by molar-refractivity contribution is -0.226. The van der Waals surface area contributed by atoms with E-state index < -0.39 is 50.1 Å². The number of aromatic nitrogens is 2. The molecule has 208 valence electrons. The van der Waals surface area contributed by atoms with Crippen LogP contribution in [0.1, 0.15) is 79.9 Å². The summed E-state index contributed by atoms with van der Waals surface area (Å²) < 4.78 is 35.2. The zero-order valence-corrected chi connectivity index (χ0v) is 23.6. The van der Waals surface area contributed by atoms with Crippen molar-refractivity contribution in [3.63, 3.8) is 0 Å². The number of fused-ring (bicyclic) bond motifs is 1. The first-order valence-electron chi connectivity index (χ1n) is 13.2. The highest BCUT2D eigenvalue weighted by atomic mass is 31.2. The number of hydrogen-bond acceptors (Lipinski definition) is 9. The van der Waals surface area contributed by atoms with Crippen molar-refractivity contribution in [1.82, 2.24) is 14.2 Å². The van der Waals surface area contributed by atoms with E-state index >= 15 is 0 Å². The van der Waals surface area contributed by atoms with Crippen molar-refractivity contribution in [2.75, 3.05) is 13.2 Å². The maximum atomic E-state index is 12.6. The third kappa shape index (κ3) is 7.07. The van der Waals surface area contributed by atoms with E-state index in [2.05, 4.69) is 57.3 Å². The Morgan fingerprint density at radius 2 is 1.78 bits per heavy atom. The van der Waals surface area contributed by atoms with E-state index in [1.165, 1.54) is 16.8 Å². The fourth-order valence-electron chi connectivity index (χ4n) is 5.06. The molecule has 0 aromatic carbocycles. The predicted octanol–water partition coefficient (Wildman–Crippen LogP) is 3.81. The first-order chi connectivity index (χ1) is 17.7. The normalized spacial score (nSPS) is 25.6. The minimum atomic E-state index is -1.48. The number of nitrogens with one attached hydrogen (secondary N) is 1. The molecule has 12 heteroatoms. The molecule has 0 spiro atoms. The second-order valence-corrected chi connectivity index (χ2v) is 11.5. The van der Waals surface area contributed by atoms with Gasteiger partial charge in [-0.2, -0.15) is 5.26 Å². The fraction of sp³-hybridized carbons (Fsp3) is 0.800. The van der Waals surface area contributed by atoms with Crippen LogP contribution < -0.4 is 11.2 Å². The smallest absolute Gasteiger partial charge is 0.330 e. The number of hydrogen-bond donors (Lipinski definition) is 1. The molecule has 2 aliphatic rings. The topological polar surface area (TPSA) is 128 Å². The number of H-pyrrole nitrogens is 1. The van der Waals surface area contributed by atoms with E-state index in [0.29, 0.717) is 12.8 Å². The van der Waals surface area contributed by atoms with Gasteiger partial charge in [0, 0.05) is 37.2 Å². The molecule has 2 saturated heterocycles. The van der Waals surface area contributed by atoms with Gasteiger partial charge in [0.05, 0.1) is 25.7 Å². The number of ether oxygens (including phenoxy) is 3. The first kappa shape index (κ1) is 29.9. The van der Waals surface area contributed by atoms with Crippen molar-refractivity contribution in [3.05, 3.63) is 33.1 Å². The molecule has 1 aromatic heterocycles. The summed E-state index contributed by atoms with van der Waals surface area (Å²) in [5, 5.41) is 8.98. The molecular formula is C25H41N4O7P. The molecule has 1 N–H and O–H groups in total. The lowest BCUT2D eigenvalue weighted by Gasteiger charge is -2.36. The fourth-order valence-corrected chi connectivity index (χ4v) is 6.68. The molecule has 0 saturated carbocycles. The lowest BCUT2D eigenvalue weighted by Crippen LogP contribution is -2.38. The molecule has 3 rings (SSSR count). The van der Waals surface area contributed by atoms with E-state index in [0.717, 1.165) is 12.8 Å². The Labute approximate surface area is 220 Å². The van der Waals surface area contributed by atoms with Crippen LogP contribution in [-0.4, -0.2) is 63.6 Å². The molecule has 2 fully saturated rings. The van der Waals surface area contributed by atoms with Crippen LogP contribution in [-0.2, 0) is 23.3 Å². The van der Waals surface area contributed by atoms with Gasteiger partial charge in [-0.3, -0.25) is 14.3 Å². The number of rotatable bonds is 14. The van der Waals surface area contributed by atoms with Gasteiger partial charge in [0.1, 0.15) is 18.3 Å². The highest BCUT2D eigenvalue weighted by Gasteiger charge is 2.58. The Balaban J connectivity index is 1.87. The quantitative estimate of drug-likeness (QED) is 0.277. The van der Waals surface area contributed by atoms with E-state index in [9.17, 15) is 9.59 Å². The molecule has 0 amide bonds. The Morgan fingerprint density at radius 1 is 1.14 bits per heavy atom. The molecule has 37 heavy (non-hydrogen) atoms. The molecule has 2 aliphatic heterocycles. The second kappa shape index (κ2) is 13.4. The SMILES string of the molecule is CCCC1(CCC)OC2C(O1)[C@@H](COP(OCCC#N)N(C(C)C)C(C)C)O[C@H]2n1ccc(=O)[nH]c1=O. The van der Waals surface area contributed by atoms with Crippen LogP contribution in [0.25, 0.3) is 0 Å². The number of aromatic amines is 1. The Morgan fingerprint density at radius 3 is 2.35 bits per heavy atom. The summed E-state index contributed by atoms with van der Waals surface area (Å²) in [6.07, 6.45) is 2.54. The van der Waals surface area contributed by atoms with Gasteiger partial charge in [-0.1, -0.05) is 26.7 Å². The molecule has 3 heterocycles. The summed E-state index contributed by atoms with van der Waals surface area (Å²) in [5.74, 6) is -0.763. The molecule has 11 nitrogen and oxygen atoms in total. The van der Waals surface area contributed by atoms with Gasteiger partial charge in [-0.15, -0.1) is 0 Å². The summed E-state index contributed by atoms with van der Waals surface area (Å²) >= 11 is 0. The van der Waals surface area contributed by atoms with E-state index in [1.54, 1.807) is 0 Å². The first-order valence-corrected chi connectivity index (χ1v) is 14.3. The molecule has 1 aromatic rings. The second-order valence-electron chi connectivity index (χ2n) is 10.0. The van der Waals surface area contributed by atoms with Crippen LogP contribution in [0.4, 0.5) is 0 Å². The van der Waals surface area contributed by atoms with Gasteiger partial charge in [0.15, 0.2) is 12.0 Å². The molecule has 5 atom stereocenters. The van der Waals surface area contributed by atoms with Gasteiger partial charge >= 0.3 is 5.69 Å². The van der Waals surface area contributed by atoms with Gasteiger partial charge in [-0.05, 0) is 27.7 Å². The zero-order valence-electron chi connectivity index (χ0n) is 22.7. The minimum Gasteiger partial charge on any atom is -0.346 e.